The summed E-state index contributed by atoms with van der Waals surface area (Å²) in [5.74, 6) is 0.210. The van der Waals surface area contributed by atoms with Gasteiger partial charge >= 0.3 is 0 Å². The molecule has 2 aromatic carbocycles. The number of nitrogens with one attached hydrogen (secondary N) is 2. The van der Waals surface area contributed by atoms with Crippen molar-refractivity contribution in [2.24, 2.45) is 11.1 Å². The summed E-state index contributed by atoms with van der Waals surface area (Å²) in [5, 5.41) is 11.4. The van der Waals surface area contributed by atoms with Crippen molar-refractivity contribution >= 4 is 15.9 Å². The zero-order valence-electron chi connectivity index (χ0n) is 17.5. The van der Waals surface area contributed by atoms with E-state index in [0.29, 0.717) is 5.92 Å². The Kier molecular flexibility index (Phi) is 7.96. The molecule has 7 heteroatoms. The van der Waals surface area contributed by atoms with Crippen molar-refractivity contribution in [1.82, 2.24) is 10.6 Å². The van der Waals surface area contributed by atoms with Crippen molar-refractivity contribution in [2.45, 2.75) is 51.1 Å². The first-order valence-electron chi connectivity index (χ1n) is 9.86. The van der Waals surface area contributed by atoms with Gasteiger partial charge in [-0.1, -0.05) is 57.2 Å². The summed E-state index contributed by atoms with van der Waals surface area (Å²) >= 11 is 0. The number of hydrogen-bond donors (Lipinski definition) is 3. The van der Waals surface area contributed by atoms with Gasteiger partial charge < -0.3 is 10.6 Å². The molecule has 4 N–H and O–H groups in total. The molecule has 0 aliphatic carbocycles. The van der Waals surface area contributed by atoms with Gasteiger partial charge in [-0.15, -0.1) is 0 Å². The molecular formula is C22H31N3O3S. The number of aryl methyl sites for hydroxylation is 1. The molecule has 6 nitrogen and oxygen atoms in total. The average Bonchev–Trinajstić information content (AvgIpc) is 2.67. The molecule has 2 atom stereocenters. The fourth-order valence-corrected chi connectivity index (χ4v) is 3.74. The van der Waals surface area contributed by atoms with Gasteiger partial charge in [0.05, 0.1) is 17.5 Å². The van der Waals surface area contributed by atoms with E-state index in [-0.39, 0.29) is 29.4 Å². The molecule has 0 radical (unpaired) electrons. The number of rotatable bonds is 9. The van der Waals surface area contributed by atoms with Crippen molar-refractivity contribution in [3.63, 3.8) is 0 Å². The average molecular weight is 418 g/mol. The van der Waals surface area contributed by atoms with E-state index in [1.54, 1.807) is 12.1 Å². The first-order valence-corrected chi connectivity index (χ1v) is 11.4. The van der Waals surface area contributed by atoms with Crippen LogP contribution >= 0.6 is 0 Å². The molecule has 2 aromatic rings. The minimum Gasteiger partial charge on any atom is -0.348 e. The molecular weight excluding hydrogens is 386 g/mol. The smallest absolute Gasteiger partial charge is 0.238 e. The SMILES string of the molecule is CCc1ccc([C@H](NCC(=O)N[C@@H](C)c2ccc(S(N)(=O)=O)cc2)C(C)C)cc1. The monoisotopic (exact) mass is 417 g/mol. The van der Waals surface area contributed by atoms with Gasteiger partial charge in [0.1, 0.15) is 0 Å². The van der Waals surface area contributed by atoms with Crippen LogP contribution in [-0.4, -0.2) is 20.9 Å². The van der Waals surface area contributed by atoms with E-state index in [1.807, 2.05) is 6.92 Å². The topological polar surface area (TPSA) is 101 Å². The van der Waals surface area contributed by atoms with Crippen molar-refractivity contribution in [3.05, 3.63) is 65.2 Å². The molecule has 0 aliphatic heterocycles. The fraction of sp³-hybridized carbons (Fsp3) is 0.409. The lowest BCUT2D eigenvalue weighted by molar-refractivity contribution is -0.121. The largest absolute Gasteiger partial charge is 0.348 e. The summed E-state index contributed by atoms with van der Waals surface area (Å²) in [4.78, 5) is 12.5. The minimum atomic E-state index is -3.72. The Morgan fingerprint density at radius 2 is 1.52 bits per heavy atom. The minimum absolute atomic E-state index is 0.0512. The second-order valence-electron chi connectivity index (χ2n) is 7.60. The van der Waals surface area contributed by atoms with Crippen LogP contribution in [0.5, 0.6) is 0 Å². The summed E-state index contributed by atoms with van der Waals surface area (Å²) in [7, 11) is -3.72. The second kappa shape index (κ2) is 10.0. The predicted octanol–water partition coefficient (Wildman–Crippen LogP) is 3.06. The van der Waals surface area contributed by atoms with Gasteiger partial charge in [-0.25, -0.2) is 13.6 Å². The van der Waals surface area contributed by atoms with Crippen molar-refractivity contribution in [3.8, 4) is 0 Å². The molecule has 29 heavy (non-hydrogen) atoms. The normalized spacial score (nSPS) is 13.9. The molecule has 1 amide bonds. The predicted molar refractivity (Wildman–Crippen MR) is 116 cm³/mol. The van der Waals surface area contributed by atoms with Crippen molar-refractivity contribution in [2.75, 3.05) is 6.54 Å². The number of carbonyl (C=O) groups is 1. The molecule has 0 fully saturated rings. The molecule has 2 rings (SSSR count). The molecule has 0 unspecified atom stereocenters. The van der Waals surface area contributed by atoms with Crippen LogP contribution in [0.2, 0.25) is 0 Å². The molecule has 0 spiro atoms. The summed E-state index contributed by atoms with van der Waals surface area (Å²) < 4.78 is 22.7. The van der Waals surface area contributed by atoms with E-state index >= 15 is 0 Å². The third kappa shape index (κ3) is 6.66. The molecule has 0 saturated carbocycles. The molecule has 0 bridgehead atoms. The van der Waals surface area contributed by atoms with Crippen molar-refractivity contribution < 1.29 is 13.2 Å². The molecule has 158 valence electrons. The van der Waals surface area contributed by atoms with E-state index in [4.69, 9.17) is 5.14 Å². The molecule has 0 aliphatic rings. The van der Waals surface area contributed by atoms with Crippen LogP contribution in [0.15, 0.2) is 53.4 Å². The number of hydrogen-bond acceptors (Lipinski definition) is 4. The lowest BCUT2D eigenvalue weighted by Crippen LogP contribution is -2.38. The number of amides is 1. The van der Waals surface area contributed by atoms with Gasteiger partial charge in [-0.3, -0.25) is 4.79 Å². The Morgan fingerprint density at radius 1 is 0.966 bits per heavy atom. The zero-order chi connectivity index (χ0) is 21.6. The summed E-state index contributed by atoms with van der Waals surface area (Å²) in [6, 6.07) is 14.5. The maximum absolute atomic E-state index is 12.4. The first kappa shape index (κ1) is 23.1. The Balaban J connectivity index is 1.96. The highest BCUT2D eigenvalue weighted by Crippen LogP contribution is 2.22. The van der Waals surface area contributed by atoms with Crippen molar-refractivity contribution in [1.29, 1.82) is 0 Å². The Labute approximate surface area is 173 Å². The molecule has 0 aromatic heterocycles. The molecule has 0 saturated heterocycles. The standard InChI is InChI=1S/C22H31N3O3S/c1-5-17-6-8-19(9-7-17)22(15(2)3)24-14-21(26)25-16(4)18-10-12-20(13-11-18)29(23,27)28/h6-13,15-16,22,24H,5,14H2,1-4H3,(H,25,26)(H2,23,27,28)/t16-,22+/m0/s1. The Hall–Kier alpha value is -2.22. The Morgan fingerprint density at radius 3 is 2.00 bits per heavy atom. The lowest BCUT2D eigenvalue weighted by Gasteiger charge is -2.24. The van der Waals surface area contributed by atoms with E-state index in [2.05, 4.69) is 55.7 Å². The van der Waals surface area contributed by atoms with Crippen LogP contribution in [0.4, 0.5) is 0 Å². The Bertz CT molecular complexity index is 907. The summed E-state index contributed by atoms with van der Waals surface area (Å²) in [6.07, 6.45) is 0.999. The molecule has 0 heterocycles. The first-order chi connectivity index (χ1) is 13.6. The van der Waals surface area contributed by atoms with E-state index in [9.17, 15) is 13.2 Å². The van der Waals surface area contributed by atoms with E-state index in [0.717, 1.165) is 17.5 Å². The highest BCUT2D eigenvalue weighted by Gasteiger charge is 2.18. The highest BCUT2D eigenvalue weighted by atomic mass is 32.2. The van der Waals surface area contributed by atoms with Crippen LogP contribution in [-0.2, 0) is 21.2 Å². The summed E-state index contributed by atoms with van der Waals surface area (Å²) in [6.45, 7) is 8.42. The highest BCUT2D eigenvalue weighted by molar-refractivity contribution is 7.89. The number of primary sulfonamides is 1. The second-order valence-corrected chi connectivity index (χ2v) is 9.16. The number of sulfonamides is 1. The van der Waals surface area contributed by atoms with Gasteiger partial charge in [0.25, 0.3) is 0 Å². The van der Waals surface area contributed by atoms with Gasteiger partial charge in [0.15, 0.2) is 0 Å². The third-order valence-electron chi connectivity index (χ3n) is 4.98. The third-order valence-corrected chi connectivity index (χ3v) is 5.91. The quantitative estimate of drug-likeness (QED) is 0.584. The summed E-state index contributed by atoms with van der Waals surface area (Å²) in [5.41, 5.74) is 3.26. The van der Waals surface area contributed by atoms with Crippen LogP contribution in [0.25, 0.3) is 0 Å². The number of benzene rings is 2. The van der Waals surface area contributed by atoms with Crippen LogP contribution in [0.3, 0.4) is 0 Å². The maximum atomic E-state index is 12.4. The lowest BCUT2D eigenvalue weighted by atomic mass is 9.95. The van der Waals surface area contributed by atoms with Crippen LogP contribution < -0.4 is 15.8 Å². The van der Waals surface area contributed by atoms with Gasteiger partial charge in [-0.05, 0) is 48.1 Å². The van der Waals surface area contributed by atoms with E-state index < -0.39 is 10.0 Å². The number of carbonyl (C=O) groups excluding carboxylic acids is 1. The van der Waals surface area contributed by atoms with Gasteiger partial charge in [0.2, 0.25) is 15.9 Å². The van der Waals surface area contributed by atoms with Gasteiger partial charge in [-0.2, -0.15) is 0 Å². The van der Waals surface area contributed by atoms with Crippen LogP contribution in [0.1, 0.15) is 56.5 Å². The number of nitrogens with two attached hydrogens (primary N) is 1. The maximum Gasteiger partial charge on any atom is 0.238 e. The van der Waals surface area contributed by atoms with E-state index in [1.165, 1.54) is 17.7 Å². The zero-order valence-corrected chi connectivity index (χ0v) is 18.3. The van der Waals surface area contributed by atoms with Crippen LogP contribution in [0, 0.1) is 5.92 Å². The van der Waals surface area contributed by atoms with Gasteiger partial charge in [0, 0.05) is 6.04 Å². The fourth-order valence-electron chi connectivity index (χ4n) is 3.22.